The van der Waals surface area contributed by atoms with Gasteiger partial charge in [0.05, 0.1) is 4.90 Å². The van der Waals surface area contributed by atoms with Crippen molar-refractivity contribution < 1.29 is 18.3 Å². The van der Waals surface area contributed by atoms with Crippen LogP contribution in [-0.2, 0) is 21.2 Å². The molecular formula is C16H17BrN2O4S. The fraction of sp³-hybridized carbons (Fsp3) is 0.188. The van der Waals surface area contributed by atoms with E-state index in [1.54, 1.807) is 30.3 Å². The molecule has 0 saturated heterocycles. The summed E-state index contributed by atoms with van der Waals surface area (Å²) in [5.41, 5.74) is 7.44. The molecule has 0 fully saturated rings. The van der Waals surface area contributed by atoms with Gasteiger partial charge in [-0.2, -0.15) is 0 Å². The SMILES string of the molecule is Cc1ccc(NS(=O)(=O)c2cccc(Br)c2)cc1C[C@H](N)C(=O)O. The van der Waals surface area contributed by atoms with Crippen LogP contribution in [0.2, 0.25) is 0 Å². The maximum Gasteiger partial charge on any atom is 0.320 e. The van der Waals surface area contributed by atoms with Crippen LogP contribution in [0.5, 0.6) is 0 Å². The number of carboxylic acids is 1. The lowest BCUT2D eigenvalue weighted by molar-refractivity contribution is -0.138. The Labute approximate surface area is 148 Å². The molecule has 0 aliphatic heterocycles. The summed E-state index contributed by atoms with van der Waals surface area (Å²) >= 11 is 3.24. The Morgan fingerprint density at radius 1 is 1.29 bits per heavy atom. The lowest BCUT2D eigenvalue weighted by atomic mass is 10.0. The first kappa shape index (κ1) is 18.4. The van der Waals surface area contributed by atoms with E-state index in [4.69, 9.17) is 10.8 Å². The van der Waals surface area contributed by atoms with Gasteiger partial charge in [0.15, 0.2) is 0 Å². The van der Waals surface area contributed by atoms with Crippen molar-refractivity contribution in [2.45, 2.75) is 24.3 Å². The number of aliphatic carboxylic acids is 1. The Balaban J connectivity index is 2.28. The molecule has 0 saturated carbocycles. The molecule has 2 rings (SSSR count). The zero-order valence-electron chi connectivity index (χ0n) is 12.9. The number of halogens is 1. The van der Waals surface area contributed by atoms with Gasteiger partial charge in [0.1, 0.15) is 6.04 Å². The largest absolute Gasteiger partial charge is 0.480 e. The number of rotatable bonds is 6. The minimum absolute atomic E-state index is 0.119. The Morgan fingerprint density at radius 3 is 2.62 bits per heavy atom. The molecule has 0 spiro atoms. The van der Waals surface area contributed by atoms with E-state index in [1.165, 1.54) is 12.1 Å². The van der Waals surface area contributed by atoms with E-state index in [1.807, 2.05) is 6.92 Å². The van der Waals surface area contributed by atoms with Crippen molar-refractivity contribution in [3.05, 3.63) is 58.1 Å². The third-order valence-corrected chi connectivity index (χ3v) is 5.34. The van der Waals surface area contributed by atoms with Crippen molar-refractivity contribution in [3.63, 3.8) is 0 Å². The predicted molar refractivity (Wildman–Crippen MR) is 95.4 cm³/mol. The second-order valence-corrected chi connectivity index (χ2v) is 7.95. The molecule has 0 amide bonds. The first-order valence-corrected chi connectivity index (χ1v) is 9.33. The third-order valence-electron chi connectivity index (χ3n) is 3.46. The van der Waals surface area contributed by atoms with Crippen molar-refractivity contribution in [3.8, 4) is 0 Å². The number of nitrogens with two attached hydrogens (primary N) is 1. The van der Waals surface area contributed by atoms with Crippen molar-refractivity contribution in [2.24, 2.45) is 5.73 Å². The van der Waals surface area contributed by atoms with Gasteiger partial charge in [-0.25, -0.2) is 8.42 Å². The second-order valence-electron chi connectivity index (χ2n) is 5.35. The summed E-state index contributed by atoms with van der Waals surface area (Å²) in [6, 6.07) is 10.3. The summed E-state index contributed by atoms with van der Waals surface area (Å²) in [6.45, 7) is 1.82. The highest BCUT2D eigenvalue weighted by Crippen LogP contribution is 2.22. The summed E-state index contributed by atoms with van der Waals surface area (Å²) in [4.78, 5) is 11.0. The van der Waals surface area contributed by atoms with Crippen molar-refractivity contribution >= 4 is 37.6 Å². The maximum atomic E-state index is 12.4. The van der Waals surface area contributed by atoms with Crippen LogP contribution < -0.4 is 10.5 Å². The topological polar surface area (TPSA) is 109 Å². The Hall–Kier alpha value is -1.90. The van der Waals surface area contributed by atoms with Crippen LogP contribution in [0.4, 0.5) is 5.69 Å². The second kappa shape index (κ2) is 7.33. The van der Waals surface area contributed by atoms with Crippen LogP contribution in [0.1, 0.15) is 11.1 Å². The van der Waals surface area contributed by atoms with Crippen LogP contribution in [0, 0.1) is 6.92 Å². The van der Waals surface area contributed by atoms with E-state index in [-0.39, 0.29) is 11.3 Å². The van der Waals surface area contributed by atoms with Crippen LogP contribution in [0.15, 0.2) is 51.8 Å². The number of nitrogens with one attached hydrogen (secondary N) is 1. The molecule has 6 nitrogen and oxygen atoms in total. The third kappa shape index (κ3) is 4.56. The van der Waals surface area contributed by atoms with Gasteiger partial charge in [-0.1, -0.05) is 28.1 Å². The maximum absolute atomic E-state index is 12.4. The van der Waals surface area contributed by atoms with Crippen molar-refractivity contribution in [1.82, 2.24) is 0 Å². The highest BCUT2D eigenvalue weighted by Gasteiger charge is 2.17. The molecule has 0 aliphatic carbocycles. The average Bonchev–Trinajstić information content (AvgIpc) is 2.50. The molecule has 0 bridgehead atoms. The highest BCUT2D eigenvalue weighted by atomic mass is 79.9. The van der Waals surface area contributed by atoms with Crippen LogP contribution in [0.25, 0.3) is 0 Å². The zero-order chi connectivity index (χ0) is 17.9. The molecular weight excluding hydrogens is 396 g/mol. The van der Waals surface area contributed by atoms with Gasteiger partial charge in [0, 0.05) is 10.2 Å². The van der Waals surface area contributed by atoms with Gasteiger partial charge in [0.2, 0.25) is 0 Å². The molecule has 8 heteroatoms. The van der Waals surface area contributed by atoms with Crippen LogP contribution in [0.3, 0.4) is 0 Å². The monoisotopic (exact) mass is 412 g/mol. The molecule has 1 atom stereocenters. The normalized spacial score (nSPS) is 12.6. The lowest BCUT2D eigenvalue weighted by Crippen LogP contribution is -2.32. The number of benzene rings is 2. The van der Waals surface area contributed by atoms with E-state index in [2.05, 4.69) is 20.7 Å². The van der Waals surface area contributed by atoms with Crippen molar-refractivity contribution in [1.29, 1.82) is 0 Å². The van der Waals surface area contributed by atoms with Gasteiger partial charge < -0.3 is 10.8 Å². The highest BCUT2D eigenvalue weighted by molar-refractivity contribution is 9.10. The van der Waals surface area contributed by atoms with E-state index >= 15 is 0 Å². The summed E-state index contributed by atoms with van der Waals surface area (Å²) in [7, 11) is -3.74. The number of anilines is 1. The van der Waals surface area contributed by atoms with Gasteiger partial charge in [-0.05, 0) is 54.8 Å². The summed E-state index contributed by atoms with van der Waals surface area (Å²) < 4.78 is 28.0. The molecule has 4 N–H and O–H groups in total. The number of carbonyl (C=O) groups is 1. The fourth-order valence-corrected chi connectivity index (χ4v) is 3.77. The van der Waals surface area contributed by atoms with Crippen molar-refractivity contribution in [2.75, 3.05) is 4.72 Å². The minimum Gasteiger partial charge on any atom is -0.480 e. The number of sulfonamides is 1. The molecule has 2 aromatic carbocycles. The van der Waals surface area contributed by atoms with E-state index in [9.17, 15) is 13.2 Å². The zero-order valence-corrected chi connectivity index (χ0v) is 15.3. The quantitative estimate of drug-likeness (QED) is 0.674. The molecule has 24 heavy (non-hydrogen) atoms. The van der Waals surface area contributed by atoms with Gasteiger partial charge in [-0.15, -0.1) is 0 Å². The summed E-state index contributed by atoms with van der Waals surface area (Å²) in [5.74, 6) is -1.10. The molecule has 0 heterocycles. The smallest absolute Gasteiger partial charge is 0.320 e. The standard InChI is InChI=1S/C16H17BrN2O4S/c1-10-5-6-13(7-11(10)8-15(18)16(20)21)19-24(22,23)14-4-2-3-12(17)9-14/h2-7,9,15,19H,8,18H2,1H3,(H,20,21)/t15-/m0/s1. The number of aryl methyl sites for hydroxylation is 1. The Bertz CT molecular complexity index is 868. The fourth-order valence-electron chi connectivity index (χ4n) is 2.13. The van der Waals surface area contributed by atoms with Gasteiger partial charge in [0.25, 0.3) is 10.0 Å². The average molecular weight is 413 g/mol. The number of hydrogen-bond donors (Lipinski definition) is 3. The number of carboxylic acid groups (broad SMARTS) is 1. The summed E-state index contributed by atoms with van der Waals surface area (Å²) in [6.07, 6.45) is 0.119. The first-order chi connectivity index (χ1) is 11.2. The van der Waals surface area contributed by atoms with E-state index in [0.29, 0.717) is 15.7 Å². The summed E-state index contributed by atoms with van der Waals surface area (Å²) in [5, 5.41) is 8.92. The molecule has 128 valence electrons. The Morgan fingerprint density at radius 2 is 2.00 bits per heavy atom. The Kier molecular flexibility index (Phi) is 5.63. The van der Waals surface area contributed by atoms with Gasteiger partial charge >= 0.3 is 5.97 Å². The first-order valence-electron chi connectivity index (χ1n) is 7.05. The molecule has 0 aromatic heterocycles. The van der Waals surface area contributed by atoms with Crippen LogP contribution >= 0.6 is 15.9 Å². The molecule has 0 unspecified atom stereocenters. The minimum atomic E-state index is -3.74. The predicted octanol–water partition coefficient (Wildman–Crippen LogP) is 2.51. The number of hydrogen-bond acceptors (Lipinski definition) is 4. The van der Waals surface area contributed by atoms with Gasteiger partial charge in [-0.3, -0.25) is 9.52 Å². The molecule has 0 aliphatic rings. The molecule has 2 aromatic rings. The van der Waals surface area contributed by atoms with E-state index in [0.717, 1.165) is 5.56 Å². The lowest BCUT2D eigenvalue weighted by Gasteiger charge is -2.13. The molecule has 0 radical (unpaired) electrons. The van der Waals surface area contributed by atoms with E-state index < -0.39 is 22.0 Å². The van der Waals surface area contributed by atoms with Crippen LogP contribution in [-0.4, -0.2) is 25.5 Å².